The summed E-state index contributed by atoms with van der Waals surface area (Å²) in [5.41, 5.74) is 12.2. The van der Waals surface area contributed by atoms with E-state index >= 15 is 4.79 Å². The molecule has 2 aliphatic carbocycles. The summed E-state index contributed by atoms with van der Waals surface area (Å²) in [6.07, 6.45) is 6.85. The van der Waals surface area contributed by atoms with Gasteiger partial charge in [0.1, 0.15) is 5.84 Å². The van der Waals surface area contributed by atoms with E-state index in [0.29, 0.717) is 5.84 Å². The number of pyridine rings is 1. The van der Waals surface area contributed by atoms with Gasteiger partial charge in [-0.1, -0.05) is 122 Å². The number of aliphatic imine (C=N–C) groups is 1. The lowest BCUT2D eigenvalue weighted by atomic mass is 9.65. The molecule has 9 rings (SSSR count). The highest BCUT2D eigenvalue weighted by atomic mass is 16.1. The molecule has 0 saturated heterocycles. The molecule has 3 atom stereocenters. The molecular weight excluding hydrogens is 699 g/mol. The Hall–Kier alpha value is -5.75. The third kappa shape index (κ3) is 5.25. The van der Waals surface area contributed by atoms with E-state index in [-0.39, 0.29) is 39.3 Å². The molecule has 57 heavy (non-hydrogen) atoms. The second kappa shape index (κ2) is 12.4. The Labute approximate surface area is 336 Å². The van der Waals surface area contributed by atoms with Crippen molar-refractivity contribution in [2.75, 3.05) is 14.1 Å². The van der Waals surface area contributed by atoms with Crippen LogP contribution >= 0.6 is 0 Å². The molecule has 2 aromatic heterocycles. The van der Waals surface area contributed by atoms with Crippen molar-refractivity contribution >= 4 is 61.9 Å². The summed E-state index contributed by atoms with van der Waals surface area (Å²) in [5, 5.41) is 12.2. The molecule has 0 amide bonds. The molecule has 288 valence electrons. The molecule has 1 aliphatic heterocycles. The lowest BCUT2D eigenvalue weighted by Crippen LogP contribution is -2.35. The second-order valence-electron chi connectivity index (χ2n) is 18.9. The number of benzene rings is 4. The van der Waals surface area contributed by atoms with Gasteiger partial charge in [-0.25, -0.2) is 4.99 Å². The van der Waals surface area contributed by atoms with E-state index in [4.69, 9.17) is 4.99 Å². The molecule has 2 unspecified atom stereocenters. The van der Waals surface area contributed by atoms with Crippen molar-refractivity contribution in [1.82, 2.24) is 14.0 Å². The Morgan fingerprint density at radius 2 is 1.44 bits per heavy atom. The monoisotopic (exact) mass is 751 g/mol. The third-order valence-corrected chi connectivity index (χ3v) is 13.1. The minimum Gasteiger partial charge on any atom is -0.362 e. The Balaban J connectivity index is 1.34. The molecule has 6 nitrogen and oxygen atoms in total. The zero-order valence-corrected chi connectivity index (χ0v) is 35.2. The summed E-state index contributed by atoms with van der Waals surface area (Å²) < 4.78 is 4.81. The molecular formula is C51H53N5O. The van der Waals surface area contributed by atoms with Gasteiger partial charge in [-0.05, 0) is 76.8 Å². The van der Waals surface area contributed by atoms with Crippen molar-refractivity contribution < 1.29 is 0 Å². The smallest absolute Gasteiger partial charge is 0.197 e. The van der Waals surface area contributed by atoms with Crippen LogP contribution in [0.15, 0.2) is 112 Å². The predicted octanol–water partition coefficient (Wildman–Crippen LogP) is 11.4. The lowest BCUT2D eigenvalue weighted by molar-refractivity contribution is 0.412. The number of nitrogens with zero attached hydrogens (tertiary/aromatic N) is 4. The number of amidine groups is 2. The zero-order valence-electron chi connectivity index (χ0n) is 35.2. The molecule has 6 aromatic rings. The summed E-state index contributed by atoms with van der Waals surface area (Å²) >= 11 is 0. The topological polar surface area (TPSA) is 66.4 Å². The number of hydrogen-bond acceptors (Lipinski definition) is 2. The van der Waals surface area contributed by atoms with Crippen LogP contribution in [-0.4, -0.2) is 39.8 Å². The fraction of sp³-hybridized carbons (Fsp3) is 0.314. The van der Waals surface area contributed by atoms with E-state index in [0.717, 1.165) is 66.4 Å². The molecule has 0 spiro atoms. The van der Waals surface area contributed by atoms with E-state index in [9.17, 15) is 5.41 Å². The number of nitrogens with one attached hydrogen (secondary N) is 1. The van der Waals surface area contributed by atoms with Crippen LogP contribution in [0.2, 0.25) is 0 Å². The summed E-state index contributed by atoms with van der Waals surface area (Å²) in [6.45, 7) is 20.2. The van der Waals surface area contributed by atoms with Gasteiger partial charge in [-0.2, -0.15) is 0 Å². The molecule has 1 N–H and O–H groups in total. The fourth-order valence-electron chi connectivity index (χ4n) is 9.85. The van der Waals surface area contributed by atoms with E-state index in [1.807, 2.05) is 31.1 Å². The molecule has 0 saturated carbocycles. The minimum absolute atomic E-state index is 0.0163. The number of hydrogen-bond donors (Lipinski definition) is 1. The first-order chi connectivity index (χ1) is 26.9. The Bertz CT molecular complexity index is 2910. The average molecular weight is 752 g/mol. The molecule has 3 aliphatic rings. The van der Waals surface area contributed by atoms with E-state index in [1.54, 1.807) is 0 Å². The first-order valence-electron chi connectivity index (χ1n) is 20.3. The van der Waals surface area contributed by atoms with Gasteiger partial charge in [0.2, 0.25) is 0 Å². The van der Waals surface area contributed by atoms with Crippen LogP contribution in [0.4, 0.5) is 0 Å². The summed E-state index contributed by atoms with van der Waals surface area (Å²) in [7, 11) is 4.00. The maximum atomic E-state index is 15.2. The van der Waals surface area contributed by atoms with Crippen molar-refractivity contribution in [3.05, 3.63) is 146 Å². The van der Waals surface area contributed by atoms with Gasteiger partial charge < -0.3 is 14.0 Å². The van der Waals surface area contributed by atoms with Gasteiger partial charge in [0.25, 0.3) is 0 Å². The van der Waals surface area contributed by atoms with Gasteiger partial charge >= 0.3 is 0 Å². The van der Waals surface area contributed by atoms with Crippen molar-refractivity contribution in [2.24, 2.45) is 16.8 Å². The van der Waals surface area contributed by atoms with Crippen molar-refractivity contribution in [3.8, 4) is 0 Å². The van der Waals surface area contributed by atoms with Crippen molar-refractivity contribution in [1.29, 1.82) is 5.41 Å². The maximum absolute atomic E-state index is 15.2. The number of para-hydroxylation sites is 2. The highest BCUT2D eigenvalue weighted by Crippen LogP contribution is 2.59. The quantitative estimate of drug-likeness (QED) is 0.145. The van der Waals surface area contributed by atoms with Crippen molar-refractivity contribution in [3.63, 3.8) is 0 Å². The Kier molecular flexibility index (Phi) is 8.00. The zero-order chi connectivity index (χ0) is 40.5. The normalized spacial score (nSPS) is 20.5. The molecule has 0 fully saturated rings. The molecule has 6 heteroatoms. The van der Waals surface area contributed by atoms with Crippen LogP contribution in [0.1, 0.15) is 95.8 Å². The molecule has 0 radical (unpaired) electrons. The van der Waals surface area contributed by atoms with E-state index < -0.39 is 0 Å². The summed E-state index contributed by atoms with van der Waals surface area (Å²) in [5.74, 6) is 1.06. The highest BCUT2D eigenvalue weighted by molar-refractivity contribution is 6.21. The van der Waals surface area contributed by atoms with Gasteiger partial charge in [-0.3, -0.25) is 10.2 Å². The van der Waals surface area contributed by atoms with Crippen LogP contribution in [0, 0.1) is 17.2 Å². The van der Waals surface area contributed by atoms with Gasteiger partial charge in [0, 0.05) is 75.4 Å². The van der Waals surface area contributed by atoms with Crippen LogP contribution in [0.5, 0.6) is 0 Å². The van der Waals surface area contributed by atoms with Crippen LogP contribution in [0.25, 0.3) is 50.2 Å². The average Bonchev–Trinajstić information content (AvgIpc) is 3.56. The minimum atomic E-state index is -0.372. The largest absolute Gasteiger partial charge is 0.362 e. The lowest BCUT2D eigenvalue weighted by Gasteiger charge is -2.37. The van der Waals surface area contributed by atoms with Crippen LogP contribution < -0.4 is 5.43 Å². The van der Waals surface area contributed by atoms with Crippen molar-refractivity contribution in [2.45, 2.75) is 78.6 Å². The van der Waals surface area contributed by atoms with Gasteiger partial charge in [0.05, 0.1) is 16.6 Å². The van der Waals surface area contributed by atoms with Gasteiger partial charge in [0.15, 0.2) is 11.3 Å². The fourth-order valence-corrected chi connectivity index (χ4v) is 9.85. The maximum Gasteiger partial charge on any atom is 0.197 e. The summed E-state index contributed by atoms with van der Waals surface area (Å²) in [6, 6.07) is 29.7. The number of aromatic nitrogens is 2. The Morgan fingerprint density at radius 1 is 0.789 bits per heavy atom. The first-order valence-corrected chi connectivity index (χ1v) is 20.3. The first kappa shape index (κ1) is 36.9. The van der Waals surface area contributed by atoms with Gasteiger partial charge in [-0.15, -0.1) is 0 Å². The molecule has 4 aromatic carbocycles. The highest BCUT2D eigenvalue weighted by Gasteiger charge is 2.52. The third-order valence-electron chi connectivity index (χ3n) is 13.1. The van der Waals surface area contributed by atoms with Crippen LogP contribution in [-0.2, 0) is 16.2 Å². The van der Waals surface area contributed by atoms with E-state index in [1.165, 1.54) is 16.8 Å². The molecule has 3 heterocycles. The number of rotatable bonds is 3. The van der Waals surface area contributed by atoms with Crippen LogP contribution in [0.3, 0.4) is 0 Å². The predicted molar refractivity (Wildman–Crippen MR) is 241 cm³/mol. The summed E-state index contributed by atoms with van der Waals surface area (Å²) in [4.78, 5) is 22.3. The molecule has 4 bridgehead atoms. The van der Waals surface area contributed by atoms with E-state index in [2.05, 4.69) is 162 Å². The standard InChI is InChI=1S/C51H53N5O/c1-29-19-25-41-43-30(2)42(28-38-45(57)37-27-33(50(6,7)8)24-26-40(37)56(41)46(38)51(29,43)9)55-39-18-13-12-15-34(39)35-16-14-17-36(44(35)55)48(54(10)11)53-47(52)31-20-22-32(23-21-31)49(3,4)5/h12-30,52H,1-11H3/b52-47?,53-48-/t29?,30-,51?/m0/s1. The Morgan fingerprint density at radius 3 is 2.12 bits per heavy atom. The number of fused-ring (bicyclic) bond motifs is 6. The second-order valence-corrected chi connectivity index (χ2v) is 18.9. The SMILES string of the molecule is CC1C=CC2=C3[C@@H](C)C(n4c5ccccc5c5cccc(/C(=N/C(=N)c6ccc(C(C)(C)C)cc6)N(C)C)c54)=Cc4c(n2c2ccc(C(C)(C)C)cc2c4=O)C31C. The number of allylic oxidation sites excluding steroid dienone is 5.